The molecule has 3 unspecified atom stereocenters. The Kier molecular flexibility index (Phi) is 5.63. The van der Waals surface area contributed by atoms with Gasteiger partial charge in [0.2, 0.25) is 0 Å². The molecule has 0 bridgehead atoms. The summed E-state index contributed by atoms with van der Waals surface area (Å²) in [7, 11) is 0. The lowest BCUT2D eigenvalue weighted by Crippen LogP contribution is -2.46. The molecule has 0 aliphatic carbocycles. The Bertz CT molecular complexity index is 323. The van der Waals surface area contributed by atoms with Gasteiger partial charge in [-0.2, -0.15) is 0 Å². The molecular weight excluding hydrogens is 244 g/mol. The summed E-state index contributed by atoms with van der Waals surface area (Å²) in [6.45, 7) is 7.22. The Morgan fingerprint density at radius 2 is 2.39 bits per heavy atom. The quantitative estimate of drug-likeness (QED) is 0.828. The van der Waals surface area contributed by atoms with Gasteiger partial charge in [0.15, 0.2) is 0 Å². The highest BCUT2D eigenvalue weighted by Crippen LogP contribution is 2.12. The molecule has 1 aliphatic rings. The largest absolute Gasteiger partial charge is 0.379 e. The van der Waals surface area contributed by atoms with Crippen LogP contribution in [0.3, 0.4) is 0 Å². The molecule has 1 saturated heterocycles. The van der Waals surface area contributed by atoms with Crippen molar-refractivity contribution in [2.24, 2.45) is 0 Å². The van der Waals surface area contributed by atoms with Gasteiger partial charge in [0.05, 0.1) is 13.2 Å². The molecule has 0 aromatic carbocycles. The van der Waals surface area contributed by atoms with Gasteiger partial charge in [-0.25, -0.2) is 0 Å². The zero-order valence-corrected chi connectivity index (χ0v) is 12.1. The van der Waals surface area contributed by atoms with Crippen molar-refractivity contribution in [2.75, 3.05) is 19.8 Å². The van der Waals surface area contributed by atoms with Gasteiger partial charge in [-0.1, -0.05) is 6.07 Å². The fourth-order valence-corrected chi connectivity index (χ4v) is 3.38. The molecule has 3 nitrogen and oxygen atoms in total. The molecule has 1 aliphatic heterocycles. The molecule has 18 heavy (non-hydrogen) atoms. The molecule has 0 amide bonds. The SMILES string of the molecule is CC(Cc1cccs1)NC(C)CC1COCCN1. The summed E-state index contributed by atoms with van der Waals surface area (Å²) in [5.74, 6) is 0. The summed E-state index contributed by atoms with van der Waals surface area (Å²) in [6.07, 6.45) is 2.26. The highest BCUT2D eigenvalue weighted by atomic mass is 32.1. The van der Waals surface area contributed by atoms with E-state index in [1.807, 2.05) is 11.3 Å². The minimum Gasteiger partial charge on any atom is -0.379 e. The van der Waals surface area contributed by atoms with Crippen LogP contribution in [0, 0.1) is 0 Å². The summed E-state index contributed by atoms with van der Waals surface area (Å²) in [5.41, 5.74) is 0. The number of thiophene rings is 1. The van der Waals surface area contributed by atoms with Gasteiger partial charge in [0, 0.05) is 29.5 Å². The molecule has 102 valence electrons. The van der Waals surface area contributed by atoms with Crippen molar-refractivity contribution in [2.45, 2.75) is 44.8 Å². The minimum atomic E-state index is 0.509. The molecule has 2 heterocycles. The summed E-state index contributed by atoms with van der Waals surface area (Å²) >= 11 is 1.84. The van der Waals surface area contributed by atoms with E-state index in [9.17, 15) is 0 Å². The van der Waals surface area contributed by atoms with E-state index < -0.39 is 0 Å². The highest BCUT2D eigenvalue weighted by molar-refractivity contribution is 7.09. The van der Waals surface area contributed by atoms with Crippen molar-refractivity contribution in [3.8, 4) is 0 Å². The first-order chi connectivity index (χ1) is 8.74. The molecule has 3 atom stereocenters. The van der Waals surface area contributed by atoms with Crippen LogP contribution in [0.25, 0.3) is 0 Å². The monoisotopic (exact) mass is 268 g/mol. The predicted octanol–water partition coefficient (Wildman–Crippen LogP) is 2.04. The van der Waals surface area contributed by atoms with Crippen LogP contribution in [-0.2, 0) is 11.2 Å². The Labute approximate surface area is 114 Å². The smallest absolute Gasteiger partial charge is 0.0620 e. The lowest BCUT2D eigenvalue weighted by Gasteiger charge is -2.28. The first kappa shape index (κ1) is 14.0. The molecule has 4 heteroatoms. The molecule has 0 saturated carbocycles. The van der Waals surface area contributed by atoms with Gasteiger partial charge >= 0.3 is 0 Å². The standard InChI is InChI=1S/C14H24N2OS/c1-11(8-13-10-17-6-5-15-13)16-12(2)9-14-4-3-7-18-14/h3-4,7,11-13,15-16H,5-6,8-10H2,1-2H3. The zero-order valence-electron chi connectivity index (χ0n) is 11.3. The molecule has 0 spiro atoms. The fraction of sp³-hybridized carbons (Fsp3) is 0.714. The van der Waals surface area contributed by atoms with Crippen molar-refractivity contribution in [1.82, 2.24) is 10.6 Å². The average Bonchev–Trinajstić information content (AvgIpc) is 2.82. The number of nitrogens with one attached hydrogen (secondary N) is 2. The molecule has 1 aromatic rings. The topological polar surface area (TPSA) is 33.3 Å². The van der Waals surface area contributed by atoms with E-state index in [1.165, 1.54) is 4.88 Å². The second-order valence-corrected chi connectivity index (χ2v) is 6.25. The first-order valence-electron chi connectivity index (χ1n) is 6.83. The molecule has 0 radical (unpaired) electrons. The maximum Gasteiger partial charge on any atom is 0.0620 e. The Hall–Kier alpha value is -0.420. The van der Waals surface area contributed by atoms with Crippen molar-refractivity contribution in [3.63, 3.8) is 0 Å². The van der Waals surface area contributed by atoms with Gasteiger partial charge in [0.25, 0.3) is 0 Å². The maximum absolute atomic E-state index is 5.48. The van der Waals surface area contributed by atoms with Crippen molar-refractivity contribution in [1.29, 1.82) is 0 Å². The third-order valence-corrected chi connectivity index (χ3v) is 4.19. The van der Waals surface area contributed by atoms with E-state index in [0.717, 1.165) is 32.6 Å². The van der Waals surface area contributed by atoms with Crippen LogP contribution >= 0.6 is 11.3 Å². The van der Waals surface area contributed by atoms with Gasteiger partial charge in [-0.15, -0.1) is 11.3 Å². The van der Waals surface area contributed by atoms with E-state index in [2.05, 4.69) is 42.0 Å². The van der Waals surface area contributed by atoms with E-state index in [1.54, 1.807) is 0 Å². The van der Waals surface area contributed by atoms with Crippen LogP contribution in [0.5, 0.6) is 0 Å². The number of ether oxygens (including phenoxy) is 1. The van der Waals surface area contributed by atoms with Crippen molar-refractivity contribution in [3.05, 3.63) is 22.4 Å². The molecule has 1 fully saturated rings. The Balaban J connectivity index is 1.67. The van der Waals surface area contributed by atoms with Crippen molar-refractivity contribution >= 4 is 11.3 Å². The number of morpholine rings is 1. The second kappa shape index (κ2) is 7.24. The first-order valence-corrected chi connectivity index (χ1v) is 7.71. The van der Waals surface area contributed by atoms with Gasteiger partial charge < -0.3 is 15.4 Å². The Morgan fingerprint density at radius 3 is 3.06 bits per heavy atom. The second-order valence-electron chi connectivity index (χ2n) is 5.21. The van der Waals surface area contributed by atoms with E-state index in [4.69, 9.17) is 4.74 Å². The van der Waals surface area contributed by atoms with Crippen LogP contribution in [0.2, 0.25) is 0 Å². The molecular formula is C14H24N2OS. The van der Waals surface area contributed by atoms with Crippen LogP contribution in [0.4, 0.5) is 0 Å². The van der Waals surface area contributed by atoms with Crippen LogP contribution in [0.1, 0.15) is 25.1 Å². The number of hydrogen-bond donors (Lipinski definition) is 2. The van der Waals surface area contributed by atoms with E-state index in [0.29, 0.717) is 18.1 Å². The molecule has 2 N–H and O–H groups in total. The maximum atomic E-state index is 5.48. The van der Waals surface area contributed by atoms with Crippen molar-refractivity contribution < 1.29 is 4.74 Å². The summed E-state index contributed by atoms with van der Waals surface area (Å²) in [6, 6.07) is 5.90. The molecule has 1 aromatic heterocycles. The third-order valence-electron chi connectivity index (χ3n) is 3.29. The van der Waals surface area contributed by atoms with E-state index in [-0.39, 0.29) is 0 Å². The summed E-state index contributed by atoms with van der Waals surface area (Å²) < 4.78 is 5.48. The van der Waals surface area contributed by atoms with Crippen LogP contribution in [0.15, 0.2) is 17.5 Å². The normalized spacial score (nSPS) is 23.8. The van der Waals surface area contributed by atoms with Crippen LogP contribution in [-0.4, -0.2) is 37.9 Å². The van der Waals surface area contributed by atoms with Gasteiger partial charge in [0.1, 0.15) is 0 Å². The average molecular weight is 268 g/mol. The lowest BCUT2D eigenvalue weighted by molar-refractivity contribution is 0.0708. The summed E-state index contributed by atoms with van der Waals surface area (Å²) in [4.78, 5) is 1.46. The third kappa shape index (κ3) is 4.69. The molecule has 2 rings (SSSR count). The minimum absolute atomic E-state index is 0.509. The summed E-state index contributed by atoms with van der Waals surface area (Å²) in [5, 5.41) is 9.33. The number of rotatable bonds is 6. The van der Waals surface area contributed by atoms with Crippen LogP contribution < -0.4 is 10.6 Å². The van der Waals surface area contributed by atoms with E-state index >= 15 is 0 Å². The Morgan fingerprint density at radius 1 is 1.50 bits per heavy atom. The number of hydrogen-bond acceptors (Lipinski definition) is 4. The highest BCUT2D eigenvalue weighted by Gasteiger charge is 2.17. The lowest BCUT2D eigenvalue weighted by atomic mass is 10.1. The fourth-order valence-electron chi connectivity index (χ4n) is 2.54. The van der Waals surface area contributed by atoms with Gasteiger partial charge in [-0.05, 0) is 38.1 Å². The zero-order chi connectivity index (χ0) is 12.8. The predicted molar refractivity (Wildman–Crippen MR) is 77.3 cm³/mol. The van der Waals surface area contributed by atoms with Gasteiger partial charge in [-0.3, -0.25) is 0 Å².